The second-order valence-corrected chi connectivity index (χ2v) is 6.83. The van der Waals surface area contributed by atoms with E-state index in [4.69, 9.17) is 9.73 Å². The van der Waals surface area contributed by atoms with Crippen molar-refractivity contribution in [3.63, 3.8) is 0 Å². The Morgan fingerprint density at radius 1 is 1.20 bits per heavy atom. The van der Waals surface area contributed by atoms with E-state index in [1.54, 1.807) is 0 Å². The number of hydrogen-bond acceptors (Lipinski definition) is 4. The van der Waals surface area contributed by atoms with Gasteiger partial charge in [-0.1, -0.05) is 13.3 Å². The summed E-state index contributed by atoms with van der Waals surface area (Å²) < 4.78 is 5.13. The van der Waals surface area contributed by atoms with Gasteiger partial charge in [-0.3, -0.25) is 9.79 Å². The van der Waals surface area contributed by atoms with Crippen LogP contribution < -0.4 is 10.6 Å². The number of ether oxygens (including phenoxy) is 1. The summed E-state index contributed by atoms with van der Waals surface area (Å²) in [5.74, 6) is 1.29. The average molecular weight is 356 g/mol. The van der Waals surface area contributed by atoms with Crippen molar-refractivity contribution >= 4 is 11.9 Å². The van der Waals surface area contributed by atoms with E-state index in [9.17, 15) is 9.90 Å². The van der Waals surface area contributed by atoms with Gasteiger partial charge in [0, 0.05) is 25.7 Å². The average Bonchev–Trinajstić information content (AvgIpc) is 2.61. The molecule has 146 valence electrons. The van der Waals surface area contributed by atoms with E-state index < -0.39 is 0 Å². The highest BCUT2D eigenvalue weighted by Crippen LogP contribution is 2.25. The van der Waals surface area contributed by atoms with Gasteiger partial charge < -0.3 is 20.5 Å². The molecule has 1 aliphatic rings. The van der Waals surface area contributed by atoms with E-state index in [0.717, 1.165) is 64.0 Å². The number of nitrogens with zero attached hydrogens (tertiary/aromatic N) is 1. The fourth-order valence-corrected chi connectivity index (χ4v) is 3.39. The summed E-state index contributed by atoms with van der Waals surface area (Å²) in [4.78, 5) is 16.6. The second kappa shape index (κ2) is 13.0. The molecule has 1 unspecified atom stereocenters. The van der Waals surface area contributed by atoms with E-state index in [-0.39, 0.29) is 18.5 Å². The SMILES string of the molecule is CCCC(CCO)CN=C(NCC)NC1CCC(C(=O)OCC)CC1. The zero-order valence-electron chi connectivity index (χ0n) is 16.2. The Balaban J connectivity index is 2.49. The third-order valence-electron chi connectivity index (χ3n) is 4.77. The van der Waals surface area contributed by atoms with Crippen LogP contribution in [0.15, 0.2) is 4.99 Å². The van der Waals surface area contributed by atoms with Gasteiger partial charge in [-0.2, -0.15) is 0 Å². The predicted molar refractivity (Wildman–Crippen MR) is 102 cm³/mol. The van der Waals surface area contributed by atoms with Crippen molar-refractivity contribution in [2.24, 2.45) is 16.8 Å². The molecular formula is C19H37N3O3. The van der Waals surface area contributed by atoms with E-state index >= 15 is 0 Å². The van der Waals surface area contributed by atoms with Crippen molar-refractivity contribution in [3.05, 3.63) is 0 Å². The lowest BCUT2D eigenvalue weighted by Crippen LogP contribution is -2.45. The molecule has 0 aliphatic heterocycles. The molecule has 1 fully saturated rings. The first-order chi connectivity index (χ1) is 12.1. The van der Waals surface area contributed by atoms with Gasteiger partial charge in [-0.15, -0.1) is 0 Å². The number of nitrogens with one attached hydrogen (secondary N) is 2. The van der Waals surface area contributed by atoms with Crippen LogP contribution in [0.3, 0.4) is 0 Å². The lowest BCUT2D eigenvalue weighted by Gasteiger charge is -2.29. The van der Waals surface area contributed by atoms with Gasteiger partial charge in [-0.05, 0) is 58.3 Å². The number of hydrogen-bond donors (Lipinski definition) is 3. The van der Waals surface area contributed by atoms with Gasteiger partial charge in [0.2, 0.25) is 0 Å². The predicted octanol–water partition coefficient (Wildman–Crippen LogP) is 2.46. The van der Waals surface area contributed by atoms with Crippen LogP contribution in [0.4, 0.5) is 0 Å². The lowest BCUT2D eigenvalue weighted by atomic mass is 9.86. The third kappa shape index (κ3) is 8.56. The summed E-state index contributed by atoms with van der Waals surface area (Å²) in [5.41, 5.74) is 0. The molecule has 1 saturated carbocycles. The Morgan fingerprint density at radius 3 is 2.48 bits per heavy atom. The molecule has 6 heteroatoms. The highest BCUT2D eigenvalue weighted by atomic mass is 16.5. The van der Waals surface area contributed by atoms with Gasteiger partial charge in [-0.25, -0.2) is 0 Å². The maximum atomic E-state index is 11.8. The number of carbonyl (C=O) groups excluding carboxylic acids is 1. The zero-order chi connectivity index (χ0) is 18.5. The van der Waals surface area contributed by atoms with Crippen LogP contribution in [0.1, 0.15) is 65.7 Å². The number of esters is 1. The number of rotatable bonds is 10. The molecule has 25 heavy (non-hydrogen) atoms. The van der Waals surface area contributed by atoms with Crippen LogP contribution in [-0.4, -0.2) is 49.4 Å². The second-order valence-electron chi connectivity index (χ2n) is 6.83. The first-order valence-electron chi connectivity index (χ1n) is 9.96. The summed E-state index contributed by atoms with van der Waals surface area (Å²) in [6.45, 7) is 8.33. The molecular weight excluding hydrogens is 318 g/mol. The number of aliphatic imine (C=N–C) groups is 1. The Kier molecular flexibility index (Phi) is 11.3. The first-order valence-corrected chi connectivity index (χ1v) is 9.96. The quantitative estimate of drug-likeness (QED) is 0.318. The molecule has 0 spiro atoms. The normalized spacial score (nSPS) is 22.3. The van der Waals surface area contributed by atoms with Crippen LogP contribution in [-0.2, 0) is 9.53 Å². The highest BCUT2D eigenvalue weighted by Gasteiger charge is 2.27. The number of aliphatic hydroxyl groups excluding tert-OH is 1. The van der Waals surface area contributed by atoms with Crippen LogP contribution >= 0.6 is 0 Å². The van der Waals surface area contributed by atoms with Gasteiger partial charge >= 0.3 is 5.97 Å². The van der Waals surface area contributed by atoms with Crippen molar-refractivity contribution < 1.29 is 14.6 Å². The van der Waals surface area contributed by atoms with E-state index in [0.29, 0.717) is 18.6 Å². The minimum atomic E-state index is -0.0482. The van der Waals surface area contributed by atoms with Crippen molar-refractivity contribution in [1.82, 2.24) is 10.6 Å². The molecule has 1 aliphatic carbocycles. The van der Waals surface area contributed by atoms with Gasteiger partial charge in [0.05, 0.1) is 12.5 Å². The molecule has 3 N–H and O–H groups in total. The summed E-state index contributed by atoms with van der Waals surface area (Å²) in [6, 6.07) is 0.353. The van der Waals surface area contributed by atoms with E-state index in [1.807, 2.05) is 6.92 Å². The Labute approximate surface area is 152 Å². The van der Waals surface area contributed by atoms with Gasteiger partial charge in [0.15, 0.2) is 5.96 Å². The lowest BCUT2D eigenvalue weighted by molar-refractivity contribution is -0.149. The number of carbonyl (C=O) groups is 1. The van der Waals surface area contributed by atoms with Crippen molar-refractivity contribution in [2.75, 3.05) is 26.3 Å². The maximum Gasteiger partial charge on any atom is 0.308 e. The van der Waals surface area contributed by atoms with Crippen LogP contribution in [0.5, 0.6) is 0 Å². The van der Waals surface area contributed by atoms with Crippen molar-refractivity contribution in [2.45, 2.75) is 71.8 Å². The fraction of sp³-hybridized carbons (Fsp3) is 0.895. The Hall–Kier alpha value is -1.30. The summed E-state index contributed by atoms with van der Waals surface area (Å²) in [6.07, 6.45) is 6.68. The molecule has 0 heterocycles. The topological polar surface area (TPSA) is 83.0 Å². The molecule has 0 saturated heterocycles. The zero-order valence-corrected chi connectivity index (χ0v) is 16.2. The van der Waals surface area contributed by atoms with Crippen LogP contribution in [0.25, 0.3) is 0 Å². The summed E-state index contributed by atoms with van der Waals surface area (Å²) >= 11 is 0. The largest absolute Gasteiger partial charge is 0.466 e. The molecule has 1 atom stereocenters. The third-order valence-corrected chi connectivity index (χ3v) is 4.77. The van der Waals surface area contributed by atoms with Crippen LogP contribution in [0.2, 0.25) is 0 Å². The molecule has 0 radical (unpaired) electrons. The maximum absolute atomic E-state index is 11.8. The summed E-state index contributed by atoms with van der Waals surface area (Å²) in [7, 11) is 0. The van der Waals surface area contributed by atoms with Gasteiger partial charge in [0.25, 0.3) is 0 Å². The Morgan fingerprint density at radius 2 is 1.92 bits per heavy atom. The molecule has 0 aromatic heterocycles. The monoisotopic (exact) mass is 355 g/mol. The highest BCUT2D eigenvalue weighted by molar-refractivity contribution is 5.80. The molecule has 0 bridgehead atoms. The van der Waals surface area contributed by atoms with E-state index in [1.165, 1.54) is 0 Å². The summed E-state index contributed by atoms with van der Waals surface area (Å²) in [5, 5.41) is 16.0. The molecule has 6 nitrogen and oxygen atoms in total. The van der Waals surface area contributed by atoms with Crippen LogP contribution in [0, 0.1) is 11.8 Å². The molecule has 1 rings (SSSR count). The molecule has 0 aromatic rings. The van der Waals surface area contributed by atoms with E-state index in [2.05, 4.69) is 24.5 Å². The smallest absolute Gasteiger partial charge is 0.308 e. The Bertz CT molecular complexity index is 387. The first kappa shape index (κ1) is 21.7. The fourth-order valence-electron chi connectivity index (χ4n) is 3.39. The van der Waals surface area contributed by atoms with Crippen molar-refractivity contribution in [3.8, 4) is 0 Å². The van der Waals surface area contributed by atoms with Gasteiger partial charge in [0.1, 0.15) is 0 Å². The number of guanidine groups is 1. The molecule has 0 aromatic carbocycles. The van der Waals surface area contributed by atoms with Crippen molar-refractivity contribution in [1.29, 1.82) is 0 Å². The number of aliphatic hydroxyl groups is 1. The standard InChI is InChI=1S/C19H37N3O3/c1-4-7-15(12-13-23)14-21-19(20-5-2)22-17-10-8-16(9-11-17)18(24)25-6-3/h15-17,23H,4-14H2,1-3H3,(H2,20,21,22). The minimum Gasteiger partial charge on any atom is -0.466 e. The minimum absolute atomic E-state index is 0.0482. The molecule has 0 amide bonds.